The summed E-state index contributed by atoms with van der Waals surface area (Å²) in [4.78, 5) is 21.5. The number of nitrogens with one attached hydrogen (secondary N) is 1. The van der Waals surface area contributed by atoms with Crippen LogP contribution < -0.4 is 10.3 Å². The minimum Gasteiger partial charge on any atom is -0.493 e. The number of halogens is 2. The number of likely N-dealkylation sites (tertiary alicyclic amines) is 1. The van der Waals surface area contributed by atoms with Crippen LogP contribution in [0.1, 0.15) is 37.9 Å². The van der Waals surface area contributed by atoms with Gasteiger partial charge in [-0.1, -0.05) is 0 Å². The van der Waals surface area contributed by atoms with Crippen LogP contribution in [0.4, 0.5) is 8.78 Å². The number of rotatable bonds is 6. The van der Waals surface area contributed by atoms with Crippen molar-refractivity contribution >= 4 is 22.7 Å². The Morgan fingerprint density at radius 2 is 2.06 bits per heavy atom. The van der Waals surface area contributed by atoms with Gasteiger partial charge in [-0.3, -0.25) is 4.79 Å². The number of alkyl halides is 1. The number of H-pyrrole nitrogens is 1. The molecule has 1 aromatic heterocycles. The average Bonchev–Trinajstić information content (AvgIpc) is 2.72. The summed E-state index contributed by atoms with van der Waals surface area (Å²) in [5.41, 5.74) is -0.267. The van der Waals surface area contributed by atoms with Crippen molar-refractivity contribution < 1.29 is 18.6 Å². The Hall–Kier alpha value is -1.71. The zero-order valence-corrected chi connectivity index (χ0v) is 18.5. The van der Waals surface area contributed by atoms with E-state index in [-0.39, 0.29) is 35.3 Å². The van der Waals surface area contributed by atoms with Gasteiger partial charge in [0.1, 0.15) is 28.9 Å². The number of aliphatic hydroxyl groups excluding tert-OH is 1. The standard InChI is InChI=1S/C22H29F2N3O3S/c1-27-7-6-13(18(24)10-27)11-30-15-8-17(23)21-19(9-15)25-20(26-22(21)29)12-31-16-4-2-14(28)3-5-16/h8-9,13-14,16,18,28H,2-7,10-12H2,1H3,(H,25,26,29). The van der Waals surface area contributed by atoms with Crippen molar-refractivity contribution in [1.82, 2.24) is 14.9 Å². The zero-order valence-electron chi connectivity index (χ0n) is 17.7. The van der Waals surface area contributed by atoms with Crippen LogP contribution in [0.3, 0.4) is 0 Å². The summed E-state index contributed by atoms with van der Waals surface area (Å²) in [6.45, 7) is 1.34. The Bertz CT molecular complexity index is 965. The molecule has 31 heavy (non-hydrogen) atoms. The molecule has 1 aliphatic heterocycles. The van der Waals surface area contributed by atoms with E-state index in [1.807, 2.05) is 11.9 Å². The number of fused-ring (bicyclic) bond motifs is 1. The van der Waals surface area contributed by atoms with E-state index >= 15 is 0 Å². The summed E-state index contributed by atoms with van der Waals surface area (Å²) >= 11 is 1.69. The van der Waals surface area contributed by atoms with Gasteiger partial charge in [0.2, 0.25) is 0 Å². The molecule has 1 saturated carbocycles. The van der Waals surface area contributed by atoms with Gasteiger partial charge in [-0.15, -0.1) is 0 Å². The second kappa shape index (κ2) is 9.83. The molecule has 170 valence electrons. The molecule has 2 aromatic rings. The summed E-state index contributed by atoms with van der Waals surface area (Å²) < 4.78 is 34.5. The first-order valence-electron chi connectivity index (χ1n) is 10.9. The number of ether oxygens (including phenoxy) is 1. The van der Waals surface area contributed by atoms with Gasteiger partial charge >= 0.3 is 0 Å². The Morgan fingerprint density at radius 3 is 2.81 bits per heavy atom. The molecule has 2 fully saturated rings. The quantitative estimate of drug-likeness (QED) is 0.699. The fraction of sp³-hybridized carbons (Fsp3) is 0.636. The fourth-order valence-electron chi connectivity index (χ4n) is 4.30. The van der Waals surface area contributed by atoms with Gasteiger partial charge in [0, 0.05) is 29.8 Å². The molecule has 0 radical (unpaired) electrons. The third-order valence-corrected chi connectivity index (χ3v) is 7.61. The largest absolute Gasteiger partial charge is 0.493 e. The van der Waals surface area contributed by atoms with E-state index in [9.17, 15) is 18.7 Å². The minimum atomic E-state index is -0.977. The van der Waals surface area contributed by atoms with Gasteiger partial charge in [0.15, 0.2) is 0 Å². The molecule has 6 nitrogen and oxygen atoms in total. The van der Waals surface area contributed by atoms with E-state index in [0.717, 1.165) is 32.2 Å². The lowest BCUT2D eigenvalue weighted by molar-refractivity contribution is 0.0695. The monoisotopic (exact) mass is 453 g/mol. The summed E-state index contributed by atoms with van der Waals surface area (Å²) in [6.07, 6.45) is 2.95. The van der Waals surface area contributed by atoms with Crippen LogP contribution in [0.25, 0.3) is 10.9 Å². The highest BCUT2D eigenvalue weighted by Gasteiger charge is 2.28. The number of piperidine rings is 1. The highest BCUT2D eigenvalue weighted by molar-refractivity contribution is 7.99. The van der Waals surface area contributed by atoms with Crippen LogP contribution in [0, 0.1) is 11.7 Å². The molecule has 9 heteroatoms. The van der Waals surface area contributed by atoms with E-state index in [0.29, 0.717) is 29.8 Å². The smallest absolute Gasteiger partial charge is 0.261 e. The maximum absolute atomic E-state index is 14.6. The Labute approximate surface area is 184 Å². The first-order chi connectivity index (χ1) is 14.9. The van der Waals surface area contributed by atoms with E-state index < -0.39 is 17.5 Å². The highest BCUT2D eigenvalue weighted by Crippen LogP contribution is 2.30. The van der Waals surface area contributed by atoms with Crippen LogP contribution >= 0.6 is 11.8 Å². The van der Waals surface area contributed by atoms with E-state index in [1.165, 1.54) is 6.07 Å². The molecule has 2 unspecified atom stereocenters. The number of benzene rings is 1. The number of hydrogen-bond acceptors (Lipinski definition) is 6. The predicted molar refractivity (Wildman–Crippen MR) is 118 cm³/mol. The second-order valence-corrected chi connectivity index (χ2v) is 9.98. The molecule has 0 bridgehead atoms. The lowest BCUT2D eigenvalue weighted by Gasteiger charge is -2.32. The fourth-order valence-corrected chi connectivity index (χ4v) is 5.44. The second-order valence-electron chi connectivity index (χ2n) is 8.69. The van der Waals surface area contributed by atoms with Crippen molar-refractivity contribution in [3.05, 3.63) is 34.1 Å². The molecule has 1 saturated heterocycles. The van der Waals surface area contributed by atoms with Gasteiger partial charge in [-0.25, -0.2) is 13.8 Å². The van der Waals surface area contributed by atoms with Crippen LogP contribution in [-0.4, -0.2) is 64.2 Å². The van der Waals surface area contributed by atoms with E-state index in [2.05, 4.69) is 9.97 Å². The number of nitrogens with zero attached hydrogens (tertiary/aromatic N) is 2. The lowest BCUT2D eigenvalue weighted by Crippen LogP contribution is -2.41. The van der Waals surface area contributed by atoms with E-state index in [4.69, 9.17) is 4.74 Å². The van der Waals surface area contributed by atoms with Crippen molar-refractivity contribution in [2.75, 3.05) is 26.7 Å². The number of aromatic nitrogens is 2. The Kier molecular flexibility index (Phi) is 7.13. The van der Waals surface area contributed by atoms with Gasteiger partial charge in [-0.2, -0.15) is 11.8 Å². The number of hydrogen-bond donors (Lipinski definition) is 2. The van der Waals surface area contributed by atoms with Crippen molar-refractivity contribution in [1.29, 1.82) is 0 Å². The van der Waals surface area contributed by atoms with Crippen molar-refractivity contribution in [2.45, 2.75) is 55.4 Å². The van der Waals surface area contributed by atoms with Crippen LogP contribution in [-0.2, 0) is 5.75 Å². The van der Waals surface area contributed by atoms with Crippen LogP contribution in [0.15, 0.2) is 16.9 Å². The normalized spacial score (nSPS) is 27.5. The Morgan fingerprint density at radius 1 is 1.29 bits per heavy atom. The lowest BCUT2D eigenvalue weighted by atomic mass is 9.96. The summed E-state index contributed by atoms with van der Waals surface area (Å²) in [5, 5.41) is 9.96. The first kappa shape index (κ1) is 22.5. The summed E-state index contributed by atoms with van der Waals surface area (Å²) in [7, 11) is 1.89. The van der Waals surface area contributed by atoms with Gasteiger partial charge in [0.25, 0.3) is 5.56 Å². The molecular weight excluding hydrogens is 424 g/mol. The average molecular weight is 454 g/mol. The van der Waals surface area contributed by atoms with Crippen molar-refractivity contribution in [3.63, 3.8) is 0 Å². The SMILES string of the molecule is CN1CCC(COc2cc(F)c3c(=O)[nH]c(CSC4CCC(O)CC4)nc3c2)C(F)C1. The molecule has 0 spiro atoms. The number of aromatic amines is 1. The van der Waals surface area contributed by atoms with E-state index in [1.54, 1.807) is 17.8 Å². The molecular formula is C22H29F2N3O3S. The molecule has 2 aliphatic rings. The Balaban J connectivity index is 1.45. The molecule has 2 N–H and O–H groups in total. The molecule has 1 aromatic carbocycles. The van der Waals surface area contributed by atoms with Crippen molar-refractivity contribution in [3.8, 4) is 5.75 Å². The zero-order chi connectivity index (χ0) is 22.0. The maximum atomic E-state index is 14.6. The summed E-state index contributed by atoms with van der Waals surface area (Å²) in [6, 6.07) is 2.73. The van der Waals surface area contributed by atoms with Crippen LogP contribution in [0.5, 0.6) is 5.75 Å². The molecule has 2 heterocycles. The third-order valence-electron chi connectivity index (χ3n) is 6.23. The highest BCUT2D eigenvalue weighted by atomic mass is 32.2. The minimum absolute atomic E-state index is 0.0930. The molecule has 0 amide bonds. The molecule has 4 rings (SSSR count). The predicted octanol–water partition coefficient (Wildman–Crippen LogP) is 3.27. The first-order valence-corrected chi connectivity index (χ1v) is 11.9. The molecule has 1 aliphatic carbocycles. The maximum Gasteiger partial charge on any atom is 0.261 e. The number of aliphatic hydroxyl groups is 1. The van der Waals surface area contributed by atoms with Gasteiger partial charge in [-0.05, 0) is 45.7 Å². The third kappa shape index (κ3) is 5.56. The number of thioether (sulfide) groups is 1. The van der Waals surface area contributed by atoms with Crippen LogP contribution in [0.2, 0.25) is 0 Å². The van der Waals surface area contributed by atoms with Gasteiger partial charge in [0.05, 0.1) is 24.0 Å². The summed E-state index contributed by atoms with van der Waals surface area (Å²) in [5.74, 6) is 0.334. The van der Waals surface area contributed by atoms with Crippen molar-refractivity contribution in [2.24, 2.45) is 5.92 Å². The topological polar surface area (TPSA) is 78.5 Å². The molecule has 2 atom stereocenters. The van der Waals surface area contributed by atoms with Gasteiger partial charge < -0.3 is 19.7 Å².